The Balaban J connectivity index is 1.64. The molecule has 0 spiro atoms. The SMILES string of the molecule is COc1ccc(/C(C#N)=C/c2ccc(C(=C(c3ccccc3)c3ccccc3)c3ccccc3)cc2)cc1. The number of nitrogens with zero attached hydrogens (tertiary/aromatic N) is 1. The first kappa shape index (κ1) is 24.6. The van der Waals surface area contributed by atoms with Crippen molar-refractivity contribution in [2.45, 2.75) is 0 Å². The largest absolute Gasteiger partial charge is 0.497 e. The van der Waals surface area contributed by atoms with Gasteiger partial charge in [0.1, 0.15) is 5.75 Å². The van der Waals surface area contributed by atoms with Crippen LogP contribution >= 0.6 is 0 Å². The molecule has 0 unspecified atom stereocenters. The molecule has 0 saturated carbocycles. The third kappa shape index (κ3) is 5.48. The van der Waals surface area contributed by atoms with Gasteiger partial charge < -0.3 is 4.74 Å². The van der Waals surface area contributed by atoms with E-state index in [2.05, 4.69) is 103 Å². The van der Waals surface area contributed by atoms with Crippen molar-refractivity contribution in [2.75, 3.05) is 7.11 Å². The fraction of sp³-hybridized carbons (Fsp3) is 0.0278. The monoisotopic (exact) mass is 489 g/mol. The van der Waals surface area contributed by atoms with Crippen LogP contribution in [0, 0.1) is 11.3 Å². The van der Waals surface area contributed by atoms with Crippen LogP contribution in [0.5, 0.6) is 5.75 Å². The number of methoxy groups -OCH3 is 1. The molecular formula is C36H27NO. The summed E-state index contributed by atoms with van der Waals surface area (Å²) in [6, 6.07) is 49.9. The molecule has 2 heteroatoms. The Labute approximate surface area is 224 Å². The summed E-state index contributed by atoms with van der Waals surface area (Å²) in [5, 5.41) is 9.83. The molecule has 0 fully saturated rings. The molecule has 0 saturated heterocycles. The molecule has 5 aromatic rings. The second-order valence-corrected chi connectivity index (χ2v) is 8.87. The highest BCUT2D eigenvalue weighted by Gasteiger charge is 2.16. The van der Waals surface area contributed by atoms with Crippen LogP contribution in [0.15, 0.2) is 140 Å². The predicted octanol–water partition coefficient (Wildman–Crippen LogP) is 8.77. The summed E-state index contributed by atoms with van der Waals surface area (Å²) in [6.45, 7) is 0. The van der Waals surface area contributed by atoms with Gasteiger partial charge in [-0.05, 0) is 74.9 Å². The zero-order valence-electron chi connectivity index (χ0n) is 21.2. The van der Waals surface area contributed by atoms with Gasteiger partial charge in [0, 0.05) is 0 Å². The third-order valence-corrected chi connectivity index (χ3v) is 6.47. The standard InChI is InChI=1S/C36H27NO/c1-38-34-23-21-28(22-24-34)33(26-37)25-27-17-19-32(20-18-27)36(31-15-9-4-10-16-31)35(29-11-5-2-6-12-29)30-13-7-3-8-14-30/h2-25H,1H3/b33-25+. The number of rotatable bonds is 7. The van der Waals surface area contributed by atoms with Crippen LogP contribution in [-0.2, 0) is 0 Å². The topological polar surface area (TPSA) is 33.0 Å². The smallest absolute Gasteiger partial charge is 0.118 e. The average Bonchev–Trinajstić information content (AvgIpc) is 3.00. The van der Waals surface area contributed by atoms with Crippen LogP contribution < -0.4 is 4.74 Å². The molecule has 0 bridgehead atoms. The Morgan fingerprint density at radius 3 is 1.32 bits per heavy atom. The third-order valence-electron chi connectivity index (χ3n) is 6.47. The number of nitriles is 1. The second-order valence-electron chi connectivity index (χ2n) is 8.87. The molecule has 0 radical (unpaired) electrons. The minimum atomic E-state index is 0.605. The molecule has 0 aliphatic heterocycles. The summed E-state index contributed by atoms with van der Waals surface area (Å²) in [4.78, 5) is 0. The van der Waals surface area contributed by atoms with Crippen LogP contribution in [0.25, 0.3) is 22.8 Å². The van der Waals surface area contributed by atoms with E-state index in [0.29, 0.717) is 5.57 Å². The van der Waals surface area contributed by atoms with E-state index in [1.54, 1.807) is 7.11 Å². The van der Waals surface area contributed by atoms with Crippen molar-refractivity contribution in [2.24, 2.45) is 0 Å². The van der Waals surface area contributed by atoms with Crippen molar-refractivity contribution in [1.29, 1.82) is 5.26 Å². The normalized spacial score (nSPS) is 10.9. The first-order valence-corrected chi connectivity index (χ1v) is 12.5. The van der Waals surface area contributed by atoms with Crippen LogP contribution in [-0.4, -0.2) is 7.11 Å². The van der Waals surface area contributed by atoms with Gasteiger partial charge in [-0.3, -0.25) is 0 Å². The lowest BCUT2D eigenvalue weighted by atomic mass is 9.85. The van der Waals surface area contributed by atoms with Crippen molar-refractivity contribution >= 4 is 22.8 Å². The summed E-state index contributed by atoms with van der Waals surface area (Å²) in [5.74, 6) is 0.767. The van der Waals surface area contributed by atoms with Gasteiger partial charge in [0.25, 0.3) is 0 Å². The van der Waals surface area contributed by atoms with E-state index < -0.39 is 0 Å². The van der Waals surface area contributed by atoms with Crippen LogP contribution in [0.4, 0.5) is 0 Å². The van der Waals surface area contributed by atoms with Crippen LogP contribution in [0.2, 0.25) is 0 Å². The summed E-state index contributed by atoms with van der Waals surface area (Å²) in [5.41, 5.74) is 9.35. The maximum absolute atomic E-state index is 9.83. The van der Waals surface area contributed by atoms with Gasteiger partial charge in [-0.25, -0.2) is 0 Å². The molecule has 38 heavy (non-hydrogen) atoms. The fourth-order valence-electron chi connectivity index (χ4n) is 4.59. The average molecular weight is 490 g/mol. The van der Waals surface area contributed by atoms with E-state index in [-0.39, 0.29) is 0 Å². The molecule has 5 rings (SSSR count). The molecule has 0 N–H and O–H groups in total. The van der Waals surface area contributed by atoms with Crippen molar-refractivity contribution in [3.63, 3.8) is 0 Å². The molecule has 0 amide bonds. The molecule has 0 atom stereocenters. The molecule has 5 aromatic carbocycles. The van der Waals surface area contributed by atoms with Crippen molar-refractivity contribution in [1.82, 2.24) is 0 Å². The highest BCUT2D eigenvalue weighted by Crippen LogP contribution is 2.37. The molecule has 2 nitrogen and oxygen atoms in total. The maximum atomic E-state index is 9.83. The van der Waals surface area contributed by atoms with Crippen LogP contribution in [0.3, 0.4) is 0 Å². The second kappa shape index (κ2) is 11.7. The first-order valence-electron chi connectivity index (χ1n) is 12.5. The Morgan fingerprint density at radius 1 is 0.526 bits per heavy atom. The molecular weight excluding hydrogens is 462 g/mol. The minimum absolute atomic E-state index is 0.605. The maximum Gasteiger partial charge on any atom is 0.118 e. The first-order chi connectivity index (χ1) is 18.8. The molecule has 182 valence electrons. The number of hydrogen-bond acceptors (Lipinski definition) is 2. The number of hydrogen-bond donors (Lipinski definition) is 0. The molecule has 0 aliphatic rings. The van der Waals surface area contributed by atoms with Crippen molar-refractivity contribution in [3.05, 3.63) is 173 Å². The zero-order valence-corrected chi connectivity index (χ0v) is 21.2. The summed E-state index contributed by atoms with van der Waals surface area (Å²) in [6.07, 6.45) is 1.92. The van der Waals surface area contributed by atoms with Gasteiger partial charge >= 0.3 is 0 Å². The van der Waals surface area contributed by atoms with E-state index in [0.717, 1.165) is 44.7 Å². The highest BCUT2D eigenvalue weighted by atomic mass is 16.5. The Hall–Kier alpha value is -5.13. The molecule has 0 heterocycles. The lowest BCUT2D eigenvalue weighted by Crippen LogP contribution is -1.97. The van der Waals surface area contributed by atoms with Gasteiger partial charge in [-0.15, -0.1) is 0 Å². The lowest BCUT2D eigenvalue weighted by Gasteiger charge is -2.18. The Morgan fingerprint density at radius 2 is 0.921 bits per heavy atom. The lowest BCUT2D eigenvalue weighted by molar-refractivity contribution is 0.415. The highest BCUT2D eigenvalue weighted by molar-refractivity contribution is 6.04. The summed E-state index contributed by atoms with van der Waals surface area (Å²) in [7, 11) is 1.64. The quantitative estimate of drug-likeness (QED) is 0.169. The number of benzene rings is 5. The van der Waals surface area contributed by atoms with Gasteiger partial charge in [0.2, 0.25) is 0 Å². The summed E-state index contributed by atoms with van der Waals surface area (Å²) >= 11 is 0. The zero-order chi connectivity index (χ0) is 26.2. The van der Waals surface area contributed by atoms with E-state index in [4.69, 9.17) is 4.74 Å². The van der Waals surface area contributed by atoms with E-state index >= 15 is 0 Å². The van der Waals surface area contributed by atoms with Crippen LogP contribution in [0.1, 0.15) is 33.4 Å². The fourth-order valence-corrected chi connectivity index (χ4v) is 4.59. The van der Waals surface area contributed by atoms with Gasteiger partial charge in [-0.1, -0.05) is 115 Å². The van der Waals surface area contributed by atoms with E-state index in [9.17, 15) is 5.26 Å². The number of ether oxygens (including phenoxy) is 1. The minimum Gasteiger partial charge on any atom is -0.497 e. The van der Waals surface area contributed by atoms with E-state index in [1.807, 2.05) is 48.5 Å². The van der Waals surface area contributed by atoms with E-state index in [1.165, 1.54) is 5.57 Å². The van der Waals surface area contributed by atoms with Crippen molar-refractivity contribution in [3.8, 4) is 11.8 Å². The Bertz CT molecular complexity index is 1550. The van der Waals surface area contributed by atoms with Gasteiger partial charge in [0.15, 0.2) is 0 Å². The number of allylic oxidation sites excluding steroid dienone is 1. The van der Waals surface area contributed by atoms with Gasteiger partial charge in [-0.2, -0.15) is 5.26 Å². The molecule has 0 aliphatic carbocycles. The van der Waals surface area contributed by atoms with Gasteiger partial charge in [0.05, 0.1) is 18.8 Å². The predicted molar refractivity (Wildman–Crippen MR) is 157 cm³/mol. The Kier molecular flexibility index (Phi) is 7.59. The molecule has 0 aromatic heterocycles. The summed E-state index contributed by atoms with van der Waals surface area (Å²) < 4.78 is 5.25. The van der Waals surface area contributed by atoms with Crippen molar-refractivity contribution < 1.29 is 4.74 Å².